The predicted molar refractivity (Wildman–Crippen MR) is 62.0 cm³/mol. The molecular weight excluding hydrogens is 194 g/mol. The van der Waals surface area contributed by atoms with E-state index >= 15 is 0 Å². The van der Waals surface area contributed by atoms with Crippen LogP contribution in [-0.4, -0.2) is 6.04 Å². The lowest BCUT2D eigenvalue weighted by Crippen LogP contribution is -2.17. The molecule has 0 bridgehead atoms. The van der Waals surface area contributed by atoms with E-state index < -0.39 is 0 Å². The molecule has 1 aromatic rings. The van der Waals surface area contributed by atoms with E-state index in [4.69, 9.17) is 11.6 Å². The quantitative estimate of drug-likeness (QED) is 0.797. The summed E-state index contributed by atoms with van der Waals surface area (Å²) in [5.74, 6) is 0.869. The number of benzene rings is 1. The van der Waals surface area contributed by atoms with Gasteiger partial charge in [0, 0.05) is 16.8 Å². The largest absolute Gasteiger partial charge is 0.382 e. The van der Waals surface area contributed by atoms with Gasteiger partial charge in [0.2, 0.25) is 0 Å². The third-order valence-corrected chi connectivity index (χ3v) is 3.15. The highest BCUT2D eigenvalue weighted by molar-refractivity contribution is 6.30. The monoisotopic (exact) mass is 209 g/mol. The Morgan fingerprint density at radius 1 is 1.43 bits per heavy atom. The fraction of sp³-hybridized carbons (Fsp3) is 0.500. The lowest BCUT2D eigenvalue weighted by molar-refractivity contribution is 0.693. The molecular formula is C12H16ClN. The highest BCUT2D eigenvalue weighted by Gasteiger charge is 2.27. The summed E-state index contributed by atoms with van der Waals surface area (Å²) >= 11 is 5.96. The molecule has 1 aliphatic carbocycles. The first-order valence-electron chi connectivity index (χ1n) is 5.19. The molecule has 0 saturated heterocycles. The van der Waals surface area contributed by atoms with Gasteiger partial charge in [-0.2, -0.15) is 0 Å². The van der Waals surface area contributed by atoms with Gasteiger partial charge in [-0.1, -0.05) is 17.7 Å². The van der Waals surface area contributed by atoms with Crippen LogP contribution in [0, 0.1) is 12.8 Å². The van der Waals surface area contributed by atoms with Crippen molar-refractivity contribution in [1.82, 2.24) is 0 Å². The number of halogens is 1. The summed E-state index contributed by atoms with van der Waals surface area (Å²) in [6.45, 7) is 4.36. The van der Waals surface area contributed by atoms with Crippen LogP contribution in [-0.2, 0) is 0 Å². The highest BCUT2D eigenvalue weighted by Crippen LogP contribution is 2.34. The minimum Gasteiger partial charge on any atom is -0.382 e. The summed E-state index contributed by atoms with van der Waals surface area (Å²) in [6.07, 6.45) is 2.74. The van der Waals surface area contributed by atoms with Crippen molar-refractivity contribution in [1.29, 1.82) is 0 Å². The number of nitrogens with one attached hydrogen (secondary N) is 1. The Morgan fingerprint density at radius 3 is 2.79 bits per heavy atom. The predicted octanol–water partition coefficient (Wildman–Crippen LogP) is 3.86. The van der Waals surface area contributed by atoms with E-state index in [-0.39, 0.29) is 0 Å². The molecule has 2 heteroatoms. The molecule has 0 radical (unpaired) electrons. The van der Waals surface area contributed by atoms with Crippen LogP contribution in [0.15, 0.2) is 18.2 Å². The van der Waals surface area contributed by atoms with Gasteiger partial charge in [-0.25, -0.2) is 0 Å². The van der Waals surface area contributed by atoms with E-state index in [1.54, 1.807) is 0 Å². The normalized spacial score (nSPS) is 17.9. The summed E-state index contributed by atoms with van der Waals surface area (Å²) in [6, 6.07) is 6.58. The maximum atomic E-state index is 5.96. The van der Waals surface area contributed by atoms with Crippen LogP contribution >= 0.6 is 11.6 Å². The Bertz CT molecular complexity index is 331. The van der Waals surface area contributed by atoms with Crippen molar-refractivity contribution < 1.29 is 0 Å². The summed E-state index contributed by atoms with van der Waals surface area (Å²) in [4.78, 5) is 0. The molecule has 2 rings (SSSR count). The zero-order valence-electron chi connectivity index (χ0n) is 8.68. The minimum absolute atomic E-state index is 0.576. The van der Waals surface area contributed by atoms with Crippen molar-refractivity contribution in [3.8, 4) is 0 Å². The van der Waals surface area contributed by atoms with Crippen molar-refractivity contribution in [3.63, 3.8) is 0 Å². The van der Waals surface area contributed by atoms with E-state index in [0.717, 1.165) is 10.9 Å². The fourth-order valence-electron chi connectivity index (χ4n) is 1.71. The second-order valence-corrected chi connectivity index (χ2v) is 4.67. The van der Waals surface area contributed by atoms with Gasteiger partial charge in [0.05, 0.1) is 0 Å². The van der Waals surface area contributed by atoms with Crippen LogP contribution in [0.2, 0.25) is 5.02 Å². The smallest absolute Gasteiger partial charge is 0.0426 e. The molecule has 1 nitrogen and oxygen atoms in total. The Hall–Kier alpha value is -0.690. The Balaban J connectivity index is 2.10. The number of anilines is 1. The second kappa shape index (κ2) is 3.82. The van der Waals surface area contributed by atoms with Crippen LogP contribution in [0.1, 0.15) is 25.3 Å². The molecule has 0 aromatic heterocycles. The molecule has 1 fully saturated rings. The average molecular weight is 210 g/mol. The van der Waals surface area contributed by atoms with Crippen molar-refractivity contribution in [2.24, 2.45) is 5.92 Å². The van der Waals surface area contributed by atoms with Crippen molar-refractivity contribution >= 4 is 17.3 Å². The van der Waals surface area contributed by atoms with Crippen LogP contribution < -0.4 is 5.32 Å². The van der Waals surface area contributed by atoms with Crippen molar-refractivity contribution in [3.05, 3.63) is 28.8 Å². The molecule has 1 unspecified atom stereocenters. The summed E-state index contributed by atoms with van der Waals surface area (Å²) in [7, 11) is 0. The SMILES string of the molecule is Cc1ccc(Cl)cc1NC(C)C1CC1. The van der Waals surface area contributed by atoms with Crippen LogP contribution in [0.3, 0.4) is 0 Å². The topological polar surface area (TPSA) is 12.0 Å². The maximum Gasteiger partial charge on any atom is 0.0426 e. The zero-order valence-corrected chi connectivity index (χ0v) is 9.43. The maximum absolute atomic E-state index is 5.96. The molecule has 0 spiro atoms. The van der Waals surface area contributed by atoms with E-state index in [9.17, 15) is 0 Å². The average Bonchev–Trinajstić information content (AvgIpc) is 2.94. The molecule has 1 aliphatic rings. The molecule has 0 amide bonds. The first-order chi connectivity index (χ1) is 6.66. The molecule has 0 aliphatic heterocycles. The molecule has 1 aromatic carbocycles. The van der Waals surface area contributed by atoms with Gasteiger partial charge < -0.3 is 5.32 Å². The van der Waals surface area contributed by atoms with Gasteiger partial charge in [-0.15, -0.1) is 0 Å². The van der Waals surface area contributed by atoms with Gasteiger partial charge in [0.1, 0.15) is 0 Å². The van der Waals surface area contributed by atoms with Gasteiger partial charge in [0.15, 0.2) is 0 Å². The summed E-state index contributed by atoms with van der Waals surface area (Å²) in [5.41, 5.74) is 2.44. The molecule has 14 heavy (non-hydrogen) atoms. The Kier molecular flexibility index (Phi) is 2.69. The third kappa shape index (κ3) is 2.21. The first-order valence-corrected chi connectivity index (χ1v) is 5.57. The third-order valence-electron chi connectivity index (χ3n) is 2.91. The second-order valence-electron chi connectivity index (χ2n) is 4.23. The highest BCUT2D eigenvalue weighted by atomic mass is 35.5. The summed E-state index contributed by atoms with van der Waals surface area (Å²) in [5, 5.41) is 4.34. The van der Waals surface area contributed by atoms with Crippen molar-refractivity contribution in [2.45, 2.75) is 32.7 Å². The van der Waals surface area contributed by atoms with Crippen LogP contribution in [0.5, 0.6) is 0 Å². The van der Waals surface area contributed by atoms with E-state index in [1.807, 2.05) is 12.1 Å². The van der Waals surface area contributed by atoms with E-state index in [0.29, 0.717) is 6.04 Å². The number of hydrogen-bond donors (Lipinski definition) is 1. The van der Waals surface area contributed by atoms with Crippen LogP contribution in [0.4, 0.5) is 5.69 Å². The minimum atomic E-state index is 0.576. The van der Waals surface area contributed by atoms with Gasteiger partial charge in [-0.3, -0.25) is 0 Å². The summed E-state index contributed by atoms with van der Waals surface area (Å²) < 4.78 is 0. The van der Waals surface area contributed by atoms with Crippen molar-refractivity contribution in [2.75, 3.05) is 5.32 Å². The molecule has 0 heterocycles. The van der Waals surface area contributed by atoms with Crippen LogP contribution in [0.25, 0.3) is 0 Å². The first kappa shape index (κ1) is 9.85. The van der Waals surface area contributed by atoms with Gasteiger partial charge >= 0.3 is 0 Å². The van der Waals surface area contributed by atoms with Gasteiger partial charge in [-0.05, 0) is 50.3 Å². The molecule has 1 saturated carbocycles. The van der Waals surface area contributed by atoms with Gasteiger partial charge in [0.25, 0.3) is 0 Å². The van der Waals surface area contributed by atoms with E-state index in [1.165, 1.54) is 24.1 Å². The number of rotatable bonds is 3. The Labute approximate surface area is 90.5 Å². The fourth-order valence-corrected chi connectivity index (χ4v) is 1.88. The molecule has 76 valence electrons. The lowest BCUT2D eigenvalue weighted by atomic mass is 10.1. The number of aryl methyl sites for hydroxylation is 1. The molecule has 1 atom stereocenters. The zero-order chi connectivity index (χ0) is 10.1. The Morgan fingerprint density at radius 2 is 2.14 bits per heavy atom. The van der Waals surface area contributed by atoms with E-state index in [2.05, 4.69) is 25.2 Å². The lowest BCUT2D eigenvalue weighted by Gasteiger charge is -2.16. The molecule has 1 N–H and O–H groups in total. The standard InChI is InChI=1S/C12H16ClN/c1-8-3-6-11(13)7-12(8)14-9(2)10-4-5-10/h3,6-7,9-10,14H,4-5H2,1-2H3. The number of hydrogen-bond acceptors (Lipinski definition) is 1.